The van der Waals surface area contributed by atoms with Gasteiger partial charge in [0.15, 0.2) is 8.32 Å². The highest BCUT2D eigenvalue weighted by Gasteiger charge is 2.36. The molecule has 0 heterocycles. The minimum Gasteiger partial charge on any atom is -0.414 e. The van der Waals surface area contributed by atoms with Crippen molar-refractivity contribution >= 4 is 8.32 Å². The molecule has 0 unspecified atom stereocenters. The fourth-order valence-corrected chi connectivity index (χ4v) is 1.73. The van der Waals surface area contributed by atoms with Gasteiger partial charge < -0.3 is 9.16 Å². The van der Waals surface area contributed by atoms with Crippen molar-refractivity contribution in [3.8, 4) is 12.3 Å². The van der Waals surface area contributed by atoms with Crippen molar-refractivity contribution in [3.05, 3.63) is 0 Å². The fourth-order valence-electron chi connectivity index (χ4n) is 0.703. The van der Waals surface area contributed by atoms with Crippen molar-refractivity contribution in [2.24, 2.45) is 0 Å². The highest BCUT2D eigenvalue weighted by molar-refractivity contribution is 6.74. The number of rotatable bonds is 5. The van der Waals surface area contributed by atoms with Crippen LogP contribution in [0.25, 0.3) is 0 Å². The first-order valence-electron chi connectivity index (χ1n) is 4.96. The molecule has 0 saturated carbocycles. The summed E-state index contributed by atoms with van der Waals surface area (Å²) in [6.07, 6.45) is 5.06. The van der Waals surface area contributed by atoms with Crippen LogP contribution in [0, 0.1) is 12.3 Å². The van der Waals surface area contributed by atoms with Crippen molar-refractivity contribution in [1.29, 1.82) is 0 Å². The van der Waals surface area contributed by atoms with E-state index in [9.17, 15) is 0 Å². The lowest BCUT2D eigenvalue weighted by Crippen LogP contribution is -2.41. The molecule has 0 amide bonds. The number of ether oxygens (including phenoxy) is 1. The normalized spacial score (nSPS) is 12.6. The summed E-state index contributed by atoms with van der Waals surface area (Å²) in [5, 5.41) is 0.263. The fraction of sp³-hybridized carbons (Fsp3) is 0.818. The van der Waals surface area contributed by atoms with Crippen LogP contribution >= 0.6 is 0 Å². The monoisotopic (exact) mass is 214 g/mol. The van der Waals surface area contributed by atoms with Crippen LogP contribution in [0.1, 0.15) is 20.8 Å². The predicted octanol–water partition coefficient (Wildman–Crippen LogP) is 2.66. The van der Waals surface area contributed by atoms with E-state index in [4.69, 9.17) is 15.6 Å². The van der Waals surface area contributed by atoms with Gasteiger partial charge in [0.1, 0.15) is 6.61 Å². The molecule has 14 heavy (non-hydrogen) atoms. The van der Waals surface area contributed by atoms with Crippen LogP contribution in [0.15, 0.2) is 0 Å². The summed E-state index contributed by atoms with van der Waals surface area (Å²) < 4.78 is 11.0. The molecule has 0 rings (SSSR count). The van der Waals surface area contributed by atoms with Crippen molar-refractivity contribution in [2.45, 2.75) is 38.9 Å². The summed E-state index contributed by atoms with van der Waals surface area (Å²) in [7, 11) is -1.60. The average molecular weight is 214 g/mol. The van der Waals surface area contributed by atoms with Crippen molar-refractivity contribution in [1.82, 2.24) is 0 Å². The maximum absolute atomic E-state index is 5.89. The van der Waals surface area contributed by atoms with E-state index in [2.05, 4.69) is 39.8 Å². The Hall–Kier alpha value is -0.303. The predicted molar refractivity (Wildman–Crippen MR) is 62.8 cm³/mol. The first kappa shape index (κ1) is 13.7. The molecule has 0 aliphatic rings. The van der Waals surface area contributed by atoms with Gasteiger partial charge in [0.05, 0.1) is 13.2 Å². The lowest BCUT2D eigenvalue weighted by molar-refractivity contribution is 0.118. The van der Waals surface area contributed by atoms with E-state index in [0.717, 1.165) is 0 Å². The first-order valence-corrected chi connectivity index (χ1v) is 7.87. The number of hydrogen-bond donors (Lipinski definition) is 0. The van der Waals surface area contributed by atoms with Gasteiger partial charge in [-0.2, -0.15) is 0 Å². The Balaban J connectivity index is 3.73. The van der Waals surface area contributed by atoms with Gasteiger partial charge in [-0.05, 0) is 18.1 Å². The quantitative estimate of drug-likeness (QED) is 0.398. The first-order chi connectivity index (χ1) is 6.31. The second kappa shape index (κ2) is 5.55. The summed E-state index contributed by atoms with van der Waals surface area (Å²) in [4.78, 5) is 0. The average Bonchev–Trinajstić information content (AvgIpc) is 2.02. The second-order valence-electron chi connectivity index (χ2n) is 4.87. The van der Waals surface area contributed by atoms with Crippen LogP contribution in [-0.4, -0.2) is 28.1 Å². The topological polar surface area (TPSA) is 18.5 Å². The Morgan fingerprint density at radius 3 is 2.21 bits per heavy atom. The molecule has 0 bridgehead atoms. The molecule has 0 spiro atoms. The Morgan fingerprint density at radius 2 is 1.79 bits per heavy atom. The maximum Gasteiger partial charge on any atom is 0.192 e. The minimum absolute atomic E-state index is 0.263. The Morgan fingerprint density at radius 1 is 1.21 bits per heavy atom. The third-order valence-corrected chi connectivity index (χ3v) is 7.22. The molecular formula is C11H22O2Si. The molecule has 2 nitrogen and oxygen atoms in total. The molecule has 0 aliphatic carbocycles. The summed E-state index contributed by atoms with van der Waals surface area (Å²) >= 11 is 0. The van der Waals surface area contributed by atoms with Crippen molar-refractivity contribution in [3.63, 3.8) is 0 Å². The van der Waals surface area contributed by atoms with E-state index < -0.39 is 8.32 Å². The van der Waals surface area contributed by atoms with E-state index in [1.165, 1.54) is 0 Å². The second-order valence-corrected chi connectivity index (χ2v) is 9.67. The third-order valence-electron chi connectivity index (χ3n) is 2.68. The largest absolute Gasteiger partial charge is 0.414 e. The van der Waals surface area contributed by atoms with Gasteiger partial charge in [0.2, 0.25) is 0 Å². The maximum atomic E-state index is 5.89. The highest BCUT2D eigenvalue weighted by Crippen LogP contribution is 2.36. The number of hydrogen-bond acceptors (Lipinski definition) is 2. The molecule has 0 aliphatic heterocycles. The molecule has 0 aromatic heterocycles. The minimum atomic E-state index is -1.60. The molecule has 0 saturated heterocycles. The van der Waals surface area contributed by atoms with Gasteiger partial charge >= 0.3 is 0 Å². The lowest BCUT2D eigenvalue weighted by atomic mass is 10.2. The molecule has 0 aromatic rings. The van der Waals surface area contributed by atoms with Crippen molar-refractivity contribution < 1.29 is 9.16 Å². The van der Waals surface area contributed by atoms with Crippen LogP contribution in [0.5, 0.6) is 0 Å². The van der Waals surface area contributed by atoms with Gasteiger partial charge in [0, 0.05) is 0 Å². The summed E-state index contributed by atoms with van der Waals surface area (Å²) in [5.41, 5.74) is 0. The smallest absolute Gasteiger partial charge is 0.192 e. The number of terminal acetylenes is 1. The zero-order valence-electron chi connectivity index (χ0n) is 10.0. The molecule has 3 heteroatoms. The van der Waals surface area contributed by atoms with Gasteiger partial charge in [-0.25, -0.2) is 0 Å². The van der Waals surface area contributed by atoms with Gasteiger partial charge in [-0.15, -0.1) is 6.42 Å². The lowest BCUT2D eigenvalue weighted by Gasteiger charge is -2.36. The van der Waals surface area contributed by atoms with E-state index >= 15 is 0 Å². The van der Waals surface area contributed by atoms with Crippen LogP contribution in [-0.2, 0) is 9.16 Å². The van der Waals surface area contributed by atoms with Crippen LogP contribution < -0.4 is 0 Å². The zero-order valence-corrected chi connectivity index (χ0v) is 11.0. The Labute approximate surface area is 89.1 Å². The van der Waals surface area contributed by atoms with E-state index in [1.54, 1.807) is 0 Å². The van der Waals surface area contributed by atoms with E-state index in [0.29, 0.717) is 19.8 Å². The molecule has 82 valence electrons. The third kappa shape index (κ3) is 4.80. The summed E-state index contributed by atoms with van der Waals surface area (Å²) in [5.74, 6) is 2.43. The van der Waals surface area contributed by atoms with E-state index in [1.807, 2.05) is 0 Å². The van der Waals surface area contributed by atoms with Crippen LogP contribution in [0.3, 0.4) is 0 Å². The van der Waals surface area contributed by atoms with Gasteiger partial charge in [0.25, 0.3) is 0 Å². The van der Waals surface area contributed by atoms with Gasteiger partial charge in [-0.3, -0.25) is 0 Å². The van der Waals surface area contributed by atoms with Crippen molar-refractivity contribution in [2.75, 3.05) is 19.8 Å². The van der Waals surface area contributed by atoms with Crippen LogP contribution in [0.2, 0.25) is 18.1 Å². The SMILES string of the molecule is C#CCOCCO[Si](C)(C)C(C)(C)C. The Bertz CT molecular complexity index is 198. The molecule has 0 radical (unpaired) electrons. The Kier molecular flexibility index (Phi) is 5.43. The summed E-state index contributed by atoms with van der Waals surface area (Å²) in [6, 6.07) is 0. The summed E-state index contributed by atoms with van der Waals surface area (Å²) in [6.45, 7) is 12.8. The zero-order chi connectivity index (χ0) is 11.2. The van der Waals surface area contributed by atoms with Crippen LogP contribution in [0.4, 0.5) is 0 Å². The molecular weight excluding hydrogens is 192 g/mol. The molecule has 0 atom stereocenters. The molecule has 0 aromatic carbocycles. The van der Waals surface area contributed by atoms with Gasteiger partial charge in [-0.1, -0.05) is 26.7 Å². The van der Waals surface area contributed by atoms with E-state index in [-0.39, 0.29) is 5.04 Å². The standard InChI is InChI=1S/C11H22O2Si/c1-7-8-12-9-10-13-14(5,6)11(2,3)4/h1H,8-10H2,2-6H3. The highest BCUT2D eigenvalue weighted by atomic mass is 28.4. The molecule has 0 fully saturated rings. The molecule has 0 N–H and O–H groups in total.